The number of amides is 1. The SMILES string of the molecule is COc1cc(/C=C(\C#N)C(=O)Nc2ccc(OCc3ccccc3)cc2)ccc1OCc1cccc(Cl)c1. The second-order valence-corrected chi connectivity index (χ2v) is 8.69. The molecule has 0 aromatic heterocycles. The van der Waals surface area contributed by atoms with Gasteiger partial charge in [-0.15, -0.1) is 0 Å². The average Bonchev–Trinajstić information content (AvgIpc) is 2.95. The maximum absolute atomic E-state index is 12.8. The van der Waals surface area contributed by atoms with Crippen LogP contribution >= 0.6 is 11.6 Å². The smallest absolute Gasteiger partial charge is 0.266 e. The van der Waals surface area contributed by atoms with Gasteiger partial charge in [-0.25, -0.2) is 0 Å². The Morgan fingerprint density at radius 2 is 1.61 bits per heavy atom. The Hall–Kier alpha value is -4.73. The van der Waals surface area contributed by atoms with Crippen molar-refractivity contribution >= 4 is 29.3 Å². The van der Waals surface area contributed by atoms with Crippen LogP contribution in [0.4, 0.5) is 5.69 Å². The zero-order chi connectivity index (χ0) is 26.7. The maximum Gasteiger partial charge on any atom is 0.266 e. The van der Waals surface area contributed by atoms with E-state index < -0.39 is 5.91 Å². The summed E-state index contributed by atoms with van der Waals surface area (Å²) in [5.74, 6) is 1.16. The van der Waals surface area contributed by atoms with Crippen LogP contribution in [0.2, 0.25) is 5.02 Å². The third-order valence-corrected chi connectivity index (χ3v) is 5.74. The molecule has 1 amide bonds. The molecular weight excluding hydrogens is 500 g/mol. The van der Waals surface area contributed by atoms with Gasteiger partial charge in [-0.2, -0.15) is 5.26 Å². The minimum absolute atomic E-state index is 0.0518. The van der Waals surface area contributed by atoms with Gasteiger partial charge in [0, 0.05) is 10.7 Å². The van der Waals surface area contributed by atoms with E-state index in [1.807, 2.05) is 54.6 Å². The molecular formula is C31H25ClN2O4. The van der Waals surface area contributed by atoms with E-state index in [2.05, 4.69) is 5.32 Å². The van der Waals surface area contributed by atoms with E-state index >= 15 is 0 Å². The third-order valence-electron chi connectivity index (χ3n) is 5.51. The lowest BCUT2D eigenvalue weighted by atomic mass is 10.1. The first kappa shape index (κ1) is 26.3. The van der Waals surface area contributed by atoms with Crippen LogP contribution in [0.25, 0.3) is 6.08 Å². The molecule has 0 heterocycles. The number of benzene rings is 4. The summed E-state index contributed by atoms with van der Waals surface area (Å²) in [6, 6.07) is 31.4. The summed E-state index contributed by atoms with van der Waals surface area (Å²) in [6.07, 6.45) is 1.50. The molecule has 190 valence electrons. The number of halogens is 1. The quantitative estimate of drug-likeness (QED) is 0.177. The van der Waals surface area contributed by atoms with E-state index in [9.17, 15) is 10.1 Å². The van der Waals surface area contributed by atoms with Crippen molar-refractivity contribution < 1.29 is 19.0 Å². The Kier molecular flexibility index (Phi) is 9.01. The van der Waals surface area contributed by atoms with Crippen molar-refractivity contribution in [2.24, 2.45) is 0 Å². The summed E-state index contributed by atoms with van der Waals surface area (Å²) >= 11 is 6.03. The zero-order valence-electron chi connectivity index (χ0n) is 20.7. The highest BCUT2D eigenvalue weighted by atomic mass is 35.5. The maximum atomic E-state index is 12.8. The Morgan fingerprint density at radius 1 is 0.868 bits per heavy atom. The summed E-state index contributed by atoms with van der Waals surface area (Å²) in [4.78, 5) is 12.8. The van der Waals surface area contributed by atoms with Gasteiger partial charge in [-0.1, -0.05) is 60.1 Å². The van der Waals surface area contributed by atoms with Crippen molar-refractivity contribution in [2.45, 2.75) is 13.2 Å². The van der Waals surface area contributed by atoms with Gasteiger partial charge in [-0.05, 0) is 71.3 Å². The normalized spacial score (nSPS) is 10.8. The van der Waals surface area contributed by atoms with Crippen LogP contribution in [0, 0.1) is 11.3 Å². The molecule has 0 atom stereocenters. The predicted octanol–water partition coefficient (Wildman–Crippen LogP) is 7.05. The summed E-state index contributed by atoms with van der Waals surface area (Å²) in [7, 11) is 1.53. The highest BCUT2D eigenvalue weighted by Gasteiger charge is 2.12. The van der Waals surface area contributed by atoms with Crippen LogP contribution in [0.3, 0.4) is 0 Å². The Bertz CT molecular complexity index is 1460. The Labute approximate surface area is 226 Å². The number of rotatable bonds is 10. The first-order valence-electron chi connectivity index (χ1n) is 11.8. The molecule has 0 aliphatic rings. The summed E-state index contributed by atoms with van der Waals surface area (Å²) in [5, 5.41) is 13.0. The molecule has 0 aliphatic carbocycles. The molecule has 0 fully saturated rings. The van der Waals surface area contributed by atoms with Crippen molar-refractivity contribution in [3.05, 3.63) is 124 Å². The number of methoxy groups -OCH3 is 1. The predicted molar refractivity (Wildman–Crippen MR) is 148 cm³/mol. The Balaban J connectivity index is 1.38. The molecule has 0 bridgehead atoms. The second kappa shape index (κ2) is 13.0. The first-order valence-corrected chi connectivity index (χ1v) is 12.2. The number of carbonyl (C=O) groups excluding carboxylic acids is 1. The molecule has 0 saturated heterocycles. The fraction of sp³-hybridized carbons (Fsp3) is 0.0968. The molecule has 4 aromatic rings. The number of anilines is 1. The van der Waals surface area contributed by atoms with Crippen LogP contribution in [-0.4, -0.2) is 13.0 Å². The molecule has 0 radical (unpaired) electrons. The molecule has 38 heavy (non-hydrogen) atoms. The summed E-state index contributed by atoms with van der Waals surface area (Å²) in [6.45, 7) is 0.760. The third kappa shape index (κ3) is 7.39. The monoisotopic (exact) mass is 524 g/mol. The highest BCUT2D eigenvalue weighted by Crippen LogP contribution is 2.30. The fourth-order valence-corrected chi connectivity index (χ4v) is 3.78. The van der Waals surface area contributed by atoms with E-state index in [0.717, 1.165) is 11.1 Å². The number of hydrogen-bond acceptors (Lipinski definition) is 5. The molecule has 7 heteroatoms. The number of nitriles is 1. The lowest BCUT2D eigenvalue weighted by Gasteiger charge is -2.12. The van der Waals surface area contributed by atoms with Crippen molar-refractivity contribution in [1.29, 1.82) is 5.26 Å². The number of nitrogens with zero attached hydrogens (tertiary/aromatic N) is 1. The molecule has 4 rings (SSSR count). The second-order valence-electron chi connectivity index (χ2n) is 8.25. The fourth-order valence-electron chi connectivity index (χ4n) is 3.57. The van der Waals surface area contributed by atoms with E-state index in [-0.39, 0.29) is 5.57 Å². The summed E-state index contributed by atoms with van der Waals surface area (Å²) < 4.78 is 17.1. The van der Waals surface area contributed by atoms with E-state index in [1.165, 1.54) is 13.2 Å². The van der Waals surface area contributed by atoms with Crippen LogP contribution < -0.4 is 19.5 Å². The van der Waals surface area contributed by atoms with Crippen molar-refractivity contribution in [3.63, 3.8) is 0 Å². The van der Waals surface area contributed by atoms with Gasteiger partial charge in [0.25, 0.3) is 5.91 Å². The van der Waals surface area contributed by atoms with Gasteiger partial charge in [-0.3, -0.25) is 4.79 Å². The molecule has 1 N–H and O–H groups in total. The van der Waals surface area contributed by atoms with Gasteiger partial charge in [0.1, 0.15) is 30.6 Å². The van der Waals surface area contributed by atoms with E-state index in [4.69, 9.17) is 25.8 Å². The number of ether oxygens (including phenoxy) is 3. The van der Waals surface area contributed by atoms with Gasteiger partial charge < -0.3 is 19.5 Å². The molecule has 0 spiro atoms. The molecule has 4 aromatic carbocycles. The molecule has 0 unspecified atom stereocenters. The number of hydrogen-bond donors (Lipinski definition) is 1. The first-order chi connectivity index (χ1) is 18.5. The van der Waals surface area contributed by atoms with E-state index in [1.54, 1.807) is 48.5 Å². The minimum Gasteiger partial charge on any atom is -0.493 e. The van der Waals surface area contributed by atoms with Crippen molar-refractivity contribution in [1.82, 2.24) is 0 Å². The van der Waals surface area contributed by atoms with Crippen LogP contribution in [0.5, 0.6) is 17.2 Å². The highest BCUT2D eigenvalue weighted by molar-refractivity contribution is 6.30. The van der Waals surface area contributed by atoms with Gasteiger partial charge in [0.15, 0.2) is 11.5 Å². The largest absolute Gasteiger partial charge is 0.493 e. The van der Waals surface area contributed by atoms with Crippen LogP contribution in [0.15, 0.2) is 103 Å². The lowest BCUT2D eigenvalue weighted by Crippen LogP contribution is -2.13. The average molecular weight is 525 g/mol. The molecule has 0 saturated carbocycles. The van der Waals surface area contributed by atoms with Gasteiger partial charge in [0.2, 0.25) is 0 Å². The lowest BCUT2D eigenvalue weighted by molar-refractivity contribution is -0.112. The molecule has 0 aliphatic heterocycles. The van der Waals surface area contributed by atoms with Crippen molar-refractivity contribution in [3.8, 4) is 23.3 Å². The van der Waals surface area contributed by atoms with Crippen molar-refractivity contribution in [2.75, 3.05) is 12.4 Å². The zero-order valence-corrected chi connectivity index (χ0v) is 21.4. The minimum atomic E-state index is -0.522. The van der Waals surface area contributed by atoms with Gasteiger partial charge >= 0.3 is 0 Å². The van der Waals surface area contributed by atoms with Crippen LogP contribution in [-0.2, 0) is 18.0 Å². The number of nitrogens with one attached hydrogen (secondary N) is 1. The standard InChI is InChI=1S/C31H25ClN2O4/c1-36-30-18-23(10-15-29(30)38-21-24-8-5-9-26(32)17-24)16-25(19-33)31(35)34-27-11-13-28(14-12-27)37-20-22-6-3-2-4-7-22/h2-18H,20-21H2,1H3,(H,34,35)/b25-16+. The molecule has 6 nitrogen and oxygen atoms in total. The Morgan fingerprint density at radius 3 is 2.32 bits per heavy atom. The topological polar surface area (TPSA) is 80.6 Å². The van der Waals surface area contributed by atoms with E-state index in [0.29, 0.717) is 46.7 Å². The van der Waals surface area contributed by atoms with Gasteiger partial charge in [0.05, 0.1) is 7.11 Å². The summed E-state index contributed by atoms with van der Waals surface area (Å²) in [5.41, 5.74) is 3.09. The number of carbonyl (C=O) groups is 1. The van der Waals surface area contributed by atoms with Crippen LogP contribution in [0.1, 0.15) is 16.7 Å².